The van der Waals surface area contributed by atoms with E-state index in [4.69, 9.17) is 38.9 Å². The molecule has 0 saturated heterocycles. The highest BCUT2D eigenvalue weighted by molar-refractivity contribution is 6.34. The SMILES string of the molecule is NC(=NO)c1cc(COc2cc(Cl)ccc2Cl)ccn1. The molecule has 2 aromatic rings. The molecule has 0 aliphatic rings. The molecule has 0 saturated carbocycles. The van der Waals surface area contributed by atoms with Crippen LogP contribution < -0.4 is 10.5 Å². The summed E-state index contributed by atoms with van der Waals surface area (Å²) in [4.78, 5) is 3.98. The van der Waals surface area contributed by atoms with Gasteiger partial charge in [0.2, 0.25) is 0 Å². The van der Waals surface area contributed by atoms with Gasteiger partial charge in [-0.05, 0) is 29.8 Å². The molecule has 1 aromatic carbocycles. The molecule has 20 heavy (non-hydrogen) atoms. The van der Waals surface area contributed by atoms with E-state index >= 15 is 0 Å². The topological polar surface area (TPSA) is 80.7 Å². The molecule has 0 spiro atoms. The lowest BCUT2D eigenvalue weighted by Gasteiger charge is -2.09. The van der Waals surface area contributed by atoms with Crippen LogP contribution in [-0.4, -0.2) is 16.0 Å². The Morgan fingerprint density at radius 3 is 2.85 bits per heavy atom. The van der Waals surface area contributed by atoms with Crippen LogP contribution in [0.1, 0.15) is 11.3 Å². The minimum Gasteiger partial charge on any atom is -0.487 e. The lowest BCUT2D eigenvalue weighted by Crippen LogP contribution is -2.15. The van der Waals surface area contributed by atoms with Crippen LogP contribution in [0.25, 0.3) is 0 Å². The summed E-state index contributed by atoms with van der Waals surface area (Å²) in [5.74, 6) is 0.425. The van der Waals surface area contributed by atoms with E-state index in [1.165, 1.54) is 0 Å². The molecule has 1 aromatic heterocycles. The van der Waals surface area contributed by atoms with Gasteiger partial charge in [-0.25, -0.2) is 0 Å². The summed E-state index contributed by atoms with van der Waals surface area (Å²) < 4.78 is 5.58. The number of pyridine rings is 1. The first-order chi connectivity index (χ1) is 9.60. The van der Waals surface area contributed by atoms with E-state index in [9.17, 15) is 0 Å². The molecule has 5 nitrogen and oxygen atoms in total. The summed E-state index contributed by atoms with van der Waals surface area (Å²) in [5.41, 5.74) is 6.64. The normalized spacial score (nSPS) is 11.4. The first-order valence-corrected chi connectivity index (χ1v) is 6.36. The van der Waals surface area contributed by atoms with Gasteiger partial charge in [-0.1, -0.05) is 28.4 Å². The highest BCUT2D eigenvalue weighted by Gasteiger charge is 2.05. The van der Waals surface area contributed by atoms with Crippen molar-refractivity contribution in [3.8, 4) is 5.75 Å². The summed E-state index contributed by atoms with van der Waals surface area (Å²) in [6.45, 7) is 0.258. The van der Waals surface area contributed by atoms with E-state index < -0.39 is 0 Å². The third kappa shape index (κ3) is 3.53. The summed E-state index contributed by atoms with van der Waals surface area (Å²) in [6.07, 6.45) is 1.55. The maximum atomic E-state index is 8.61. The molecular weight excluding hydrogens is 301 g/mol. The number of oxime groups is 1. The number of rotatable bonds is 4. The molecule has 104 valence electrons. The van der Waals surface area contributed by atoms with Crippen LogP contribution in [0.2, 0.25) is 10.0 Å². The van der Waals surface area contributed by atoms with Crippen LogP contribution in [0.15, 0.2) is 41.7 Å². The van der Waals surface area contributed by atoms with Gasteiger partial charge in [0, 0.05) is 17.3 Å². The van der Waals surface area contributed by atoms with Gasteiger partial charge in [0.25, 0.3) is 0 Å². The Labute approximate surface area is 125 Å². The van der Waals surface area contributed by atoms with Gasteiger partial charge < -0.3 is 15.7 Å². The average Bonchev–Trinajstić information content (AvgIpc) is 2.47. The maximum Gasteiger partial charge on any atom is 0.188 e. The molecule has 0 radical (unpaired) electrons. The fourth-order valence-electron chi connectivity index (χ4n) is 1.50. The van der Waals surface area contributed by atoms with Crippen molar-refractivity contribution in [3.05, 3.63) is 57.8 Å². The van der Waals surface area contributed by atoms with E-state index in [0.717, 1.165) is 5.56 Å². The minimum absolute atomic E-state index is 0.0624. The van der Waals surface area contributed by atoms with Gasteiger partial charge in [-0.2, -0.15) is 0 Å². The molecule has 0 fully saturated rings. The van der Waals surface area contributed by atoms with Crippen molar-refractivity contribution in [2.75, 3.05) is 0 Å². The quantitative estimate of drug-likeness (QED) is 0.393. The molecule has 0 amide bonds. The molecule has 3 N–H and O–H groups in total. The van der Waals surface area contributed by atoms with Crippen LogP contribution >= 0.6 is 23.2 Å². The predicted octanol–water partition coefficient (Wildman–Crippen LogP) is 3.06. The molecule has 0 atom stereocenters. The second kappa shape index (κ2) is 6.45. The Morgan fingerprint density at radius 1 is 1.30 bits per heavy atom. The average molecular weight is 312 g/mol. The molecule has 1 heterocycles. The maximum absolute atomic E-state index is 8.61. The molecule has 7 heteroatoms. The lowest BCUT2D eigenvalue weighted by molar-refractivity contribution is 0.306. The number of nitrogens with two attached hydrogens (primary N) is 1. The third-order valence-corrected chi connectivity index (χ3v) is 3.03. The first kappa shape index (κ1) is 14.4. The number of nitrogens with zero attached hydrogens (tertiary/aromatic N) is 2. The van der Waals surface area contributed by atoms with E-state index in [1.807, 2.05) is 0 Å². The van der Waals surface area contributed by atoms with Crippen LogP contribution in [-0.2, 0) is 6.61 Å². The van der Waals surface area contributed by atoms with E-state index in [0.29, 0.717) is 21.5 Å². The molecule has 0 aliphatic carbocycles. The smallest absolute Gasteiger partial charge is 0.188 e. The molecular formula is C13H11Cl2N3O2. The van der Waals surface area contributed by atoms with Crippen molar-refractivity contribution in [2.45, 2.75) is 6.61 Å². The monoisotopic (exact) mass is 311 g/mol. The van der Waals surface area contributed by atoms with Gasteiger partial charge >= 0.3 is 0 Å². The first-order valence-electron chi connectivity index (χ1n) is 5.61. The van der Waals surface area contributed by atoms with Crippen LogP contribution in [0.5, 0.6) is 5.75 Å². The Hall–Kier alpha value is -1.98. The Kier molecular flexibility index (Phi) is 4.65. The predicted molar refractivity (Wildman–Crippen MR) is 77.5 cm³/mol. The van der Waals surface area contributed by atoms with Crippen molar-refractivity contribution in [1.82, 2.24) is 4.98 Å². The molecule has 0 bridgehead atoms. The van der Waals surface area contributed by atoms with E-state index in [2.05, 4.69) is 10.1 Å². The van der Waals surface area contributed by atoms with Gasteiger partial charge in [-0.3, -0.25) is 4.98 Å². The zero-order valence-electron chi connectivity index (χ0n) is 10.3. The molecule has 0 unspecified atom stereocenters. The number of aromatic nitrogens is 1. The molecule has 0 aliphatic heterocycles. The highest BCUT2D eigenvalue weighted by Crippen LogP contribution is 2.28. The highest BCUT2D eigenvalue weighted by atomic mass is 35.5. The summed E-state index contributed by atoms with van der Waals surface area (Å²) in [6, 6.07) is 8.39. The van der Waals surface area contributed by atoms with E-state index in [1.54, 1.807) is 36.5 Å². The van der Waals surface area contributed by atoms with Gasteiger partial charge in [0.15, 0.2) is 5.84 Å². The van der Waals surface area contributed by atoms with E-state index in [-0.39, 0.29) is 12.4 Å². The fourth-order valence-corrected chi connectivity index (χ4v) is 1.84. The van der Waals surface area contributed by atoms with Crippen molar-refractivity contribution in [2.24, 2.45) is 10.9 Å². The van der Waals surface area contributed by atoms with Crippen LogP contribution in [0.4, 0.5) is 0 Å². The Balaban J connectivity index is 2.13. The van der Waals surface area contributed by atoms with Crippen LogP contribution in [0.3, 0.4) is 0 Å². The van der Waals surface area contributed by atoms with Crippen molar-refractivity contribution >= 4 is 29.0 Å². The number of amidine groups is 1. The Bertz CT molecular complexity index is 647. The number of ether oxygens (including phenoxy) is 1. The number of halogens is 2. The van der Waals surface area contributed by atoms with Gasteiger partial charge in [0.1, 0.15) is 18.1 Å². The number of hydrogen-bond donors (Lipinski definition) is 2. The summed E-state index contributed by atoms with van der Waals surface area (Å²) in [5, 5.41) is 12.5. The van der Waals surface area contributed by atoms with Crippen LogP contribution in [0, 0.1) is 0 Å². The lowest BCUT2D eigenvalue weighted by atomic mass is 10.2. The van der Waals surface area contributed by atoms with Gasteiger partial charge in [-0.15, -0.1) is 0 Å². The zero-order valence-corrected chi connectivity index (χ0v) is 11.8. The number of hydrogen-bond acceptors (Lipinski definition) is 4. The van der Waals surface area contributed by atoms with Crippen molar-refractivity contribution in [3.63, 3.8) is 0 Å². The standard InChI is InChI=1S/C13H11Cl2N3O2/c14-9-1-2-10(15)12(6-9)20-7-8-3-4-17-11(5-8)13(16)18-19/h1-6,19H,7H2,(H2,16,18). The van der Waals surface area contributed by atoms with Gasteiger partial charge in [0.05, 0.1) is 5.02 Å². The summed E-state index contributed by atoms with van der Waals surface area (Å²) >= 11 is 11.9. The fraction of sp³-hybridized carbons (Fsp3) is 0.0769. The second-order valence-electron chi connectivity index (χ2n) is 3.90. The Morgan fingerprint density at radius 2 is 2.10 bits per heavy atom. The van der Waals surface area contributed by atoms with Crippen molar-refractivity contribution < 1.29 is 9.94 Å². The largest absolute Gasteiger partial charge is 0.487 e. The number of benzene rings is 1. The zero-order chi connectivity index (χ0) is 14.5. The van der Waals surface area contributed by atoms with Crippen molar-refractivity contribution in [1.29, 1.82) is 0 Å². The summed E-state index contributed by atoms with van der Waals surface area (Å²) in [7, 11) is 0. The second-order valence-corrected chi connectivity index (χ2v) is 4.74. The minimum atomic E-state index is -0.0624. The molecule has 2 rings (SSSR count). The third-order valence-electron chi connectivity index (χ3n) is 2.48.